The molecule has 0 spiro atoms. The fourth-order valence-corrected chi connectivity index (χ4v) is 5.07. The van der Waals surface area contributed by atoms with Crippen molar-refractivity contribution in [1.82, 2.24) is 0 Å². The third-order valence-corrected chi connectivity index (χ3v) is 7.18. The van der Waals surface area contributed by atoms with Crippen LogP contribution in [0.5, 0.6) is 5.75 Å². The Labute approximate surface area is 216 Å². The summed E-state index contributed by atoms with van der Waals surface area (Å²) in [5, 5.41) is 0. The molecule has 1 unspecified atom stereocenters. The average molecular weight is 495 g/mol. The number of carbonyl (C=O) groups excluding carboxylic acids is 2. The molecule has 0 radical (unpaired) electrons. The zero-order chi connectivity index (χ0) is 25.6. The molecule has 5 nitrogen and oxygen atoms in total. The molecular formula is C31H42O5. The number of hydrogen-bond donors (Lipinski definition) is 0. The highest BCUT2D eigenvalue weighted by molar-refractivity contribution is 5.93. The van der Waals surface area contributed by atoms with E-state index in [1.54, 1.807) is 6.08 Å². The van der Waals surface area contributed by atoms with Gasteiger partial charge in [0.05, 0.1) is 18.3 Å². The lowest BCUT2D eigenvalue weighted by Gasteiger charge is -2.28. The van der Waals surface area contributed by atoms with E-state index >= 15 is 0 Å². The standard InChI is InChI=1S/C31H42O5/c1-3-9-24-10-12-25(13-11-24)26-14-20-29(21-15-26)36-31(33)27-16-18-28(19-17-27)34-22-7-5-6-8-23-35-30(32)4-2/h4,14-18,20-21,24-25,28H,2-3,5-13,19,22-23H2,1H3. The summed E-state index contributed by atoms with van der Waals surface area (Å²) in [5.41, 5.74) is 1.93. The maximum absolute atomic E-state index is 12.6. The second kappa shape index (κ2) is 15.5. The molecule has 3 rings (SSSR count). The van der Waals surface area contributed by atoms with E-state index in [0.29, 0.717) is 36.9 Å². The highest BCUT2D eigenvalue weighted by atomic mass is 16.5. The summed E-state index contributed by atoms with van der Waals surface area (Å²) >= 11 is 0. The van der Waals surface area contributed by atoms with Crippen molar-refractivity contribution in [2.24, 2.45) is 5.92 Å². The molecule has 1 atom stereocenters. The van der Waals surface area contributed by atoms with E-state index in [4.69, 9.17) is 14.2 Å². The van der Waals surface area contributed by atoms with Crippen molar-refractivity contribution in [2.75, 3.05) is 13.2 Å². The third-order valence-electron chi connectivity index (χ3n) is 7.18. The van der Waals surface area contributed by atoms with Crippen molar-refractivity contribution in [3.8, 4) is 5.75 Å². The maximum atomic E-state index is 12.6. The van der Waals surface area contributed by atoms with Crippen molar-refractivity contribution in [3.63, 3.8) is 0 Å². The molecule has 1 aromatic carbocycles. The number of benzene rings is 1. The number of carbonyl (C=O) groups is 2. The topological polar surface area (TPSA) is 61.8 Å². The van der Waals surface area contributed by atoms with Crippen LogP contribution in [0.1, 0.15) is 89.0 Å². The average Bonchev–Trinajstić information content (AvgIpc) is 2.91. The van der Waals surface area contributed by atoms with Crippen molar-refractivity contribution in [2.45, 2.75) is 89.6 Å². The summed E-state index contributed by atoms with van der Waals surface area (Å²) in [4.78, 5) is 23.6. The van der Waals surface area contributed by atoms with E-state index in [0.717, 1.165) is 31.6 Å². The molecule has 1 saturated carbocycles. The summed E-state index contributed by atoms with van der Waals surface area (Å²) in [6.07, 6.45) is 19.1. The second-order valence-electron chi connectivity index (χ2n) is 9.91. The monoisotopic (exact) mass is 494 g/mol. The van der Waals surface area contributed by atoms with Crippen LogP contribution in [0.4, 0.5) is 0 Å². The highest BCUT2D eigenvalue weighted by Gasteiger charge is 2.22. The molecule has 0 saturated heterocycles. The summed E-state index contributed by atoms with van der Waals surface area (Å²) < 4.78 is 16.5. The van der Waals surface area contributed by atoms with Gasteiger partial charge in [0.1, 0.15) is 5.75 Å². The maximum Gasteiger partial charge on any atom is 0.343 e. The number of esters is 2. The molecule has 0 aromatic heterocycles. The van der Waals surface area contributed by atoms with Crippen LogP contribution in [0, 0.1) is 5.92 Å². The first-order valence-electron chi connectivity index (χ1n) is 13.7. The number of rotatable bonds is 14. The van der Waals surface area contributed by atoms with E-state index in [-0.39, 0.29) is 18.0 Å². The largest absolute Gasteiger partial charge is 0.463 e. The van der Waals surface area contributed by atoms with Crippen LogP contribution in [-0.2, 0) is 19.1 Å². The minimum atomic E-state index is -0.369. The van der Waals surface area contributed by atoms with Gasteiger partial charge in [0.2, 0.25) is 0 Å². The SMILES string of the molecule is C=CC(=O)OCCCCCCOC1C=CC(C(=O)Oc2ccc(C3CCC(CCC)CC3)cc2)=CC1. The van der Waals surface area contributed by atoms with Crippen LogP contribution in [0.3, 0.4) is 0 Å². The molecule has 1 fully saturated rings. The fraction of sp³-hybridized carbons (Fsp3) is 0.548. The van der Waals surface area contributed by atoms with Gasteiger partial charge in [0, 0.05) is 12.7 Å². The van der Waals surface area contributed by atoms with Gasteiger partial charge in [-0.25, -0.2) is 9.59 Å². The molecule has 5 heteroatoms. The number of unbranched alkanes of at least 4 members (excludes halogenated alkanes) is 3. The lowest BCUT2D eigenvalue weighted by atomic mass is 9.77. The number of hydrogen-bond acceptors (Lipinski definition) is 5. The van der Waals surface area contributed by atoms with Gasteiger partial charge in [-0.05, 0) is 87.0 Å². The first kappa shape index (κ1) is 27.9. The van der Waals surface area contributed by atoms with Crippen molar-refractivity contribution < 1.29 is 23.8 Å². The van der Waals surface area contributed by atoms with E-state index in [2.05, 4.69) is 25.6 Å². The van der Waals surface area contributed by atoms with Gasteiger partial charge in [0.25, 0.3) is 0 Å². The van der Waals surface area contributed by atoms with Gasteiger partial charge in [-0.3, -0.25) is 0 Å². The van der Waals surface area contributed by atoms with Crippen LogP contribution in [0.25, 0.3) is 0 Å². The molecule has 0 aliphatic heterocycles. The Morgan fingerprint density at radius 1 is 1.00 bits per heavy atom. The first-order valence-corrected chi connectivity index (χ1v) is 13.7. The van der Waals surface area contributed by atoms with Gasteiger partial charge < -0.3 is 14.2 Å². The molecule has 2 aliphatic carbocycles. The third kappa shape index (κ3) is 9.42. The van der Waals surface area contributed by atoms with Crippen LogP contribution in [0.2, 0.25) is 0 Å². The minimum Gasteiger partial charge on any atom is -0.463 e. The van der Waals surface area contributed by atoms with Crippen LogP contribution < -0.4 is 4.74 Å². The van der Waals surface area contributed by atoms with E-state index in [1.807, 2.05) is 24.3 Å². The van der Waals surface area contributed by atoms with Crippen LogP contribution in [0.15, 0.2) is 60.7 Å². The Morgan fingerprint density at radius 3 is 2.36 bits per heavy atom. The summed E-state index contributed by atoms with van der Waals surface area (Å²) in [6.45, 7) is 6.75. The van der Waals surface area contributed by atoms with E-state index < -0.39 is 0 Å². The summed E-state index contributed by atoms with van der Waals surface area (Å²) in [5.74, 6) is 1.43. The van der Waals surface area contributed by atoms with Crippen molar-refractivity contribution >= 4 is 11.9 Å². The lowest BCUT2D eigenvalue weighted by Crippen LogP contribution is -2.17. The number of ether oxygens (including phenoxy) is 3. The fourth-order valence-electron chi connectivity index (χ4n) is 5.07. The molecule has 36 heavy (non-hydrogen) atoms. The molecular weight excluding hydrogens is 452 g/mol. The summed E-state index contributed by atoms with van der Waals surface area (Å²) in [6, 6.07) is 8.09. The molecule has 1 aromatic rings. The Morgan fingerprint density at radius 2 is 1.72 bits per heavy atom. The van der Waals surface area contributed by atoms with Gasteiger partial charge in [0.15, 0.2) is 0 Å². The van der Waals surface area contributed by atoms with Gasteiger partial charge >= 0.3 is 11.9 Å². The smallest absolute Gasteiger partial charge is 0.343 e. The molecule has 0 bridgehead atoms. The zero-order valence-electron chi connectivity index (χ0n) is 21.8. The Kier molecular flexibility index (Phi) is 12.0. The van der Waals surface area contributed by atoms with Crippen LogP contribution in [-0.4, -0.2) is 31.3 Å². The predicted octanol–water partition coefficient (Wildman–Crippen LogP) is 7.23. The summed E-state index contributed by atoms with van der Waals surface area (Å²) in [7, 11) is 0. The van der Waals surface area contributed by atoms with Crippen molar-refractivity contribution in [1.29, 1.82) is 0 Å². The van der Waals surface area contributed by atoms with Gasteiger partial charge in [-0.1, -0.05) is 57.0 Å². The van der Waals surface area contributed by atoms with Gasteiger partial charge in [-0.2, -0.15) is 0 Å². The van der Waals surface area contributed by atoms with Gasteiger partial charge in [-0.15, -0.1) is 0 Å². The second-order valence-corrected chi connectivity index (χ2v) is 9.91. The highest BCUT2D eigenvalue weighted by Crippen LogP contribution is 2.37. The Balaban J connectivity index is 1.31. The lowest BCUT2D eigenvalue weighted by molar-refractivity contribution is -0.137. The zero-order valence-corrected chi connectivity index (χ0v) is 21.8. The quantitative estimate of drug-likeness (QED) is 0.118. The molecule has 196 valence electrons. The molecule has 0 amide bonds. The first-order chi connectivity index (χ1) is 17.6. The van der Waals surface area contributed by atoms with E-state index in [1.165, 1.54) is 50.2 Å². The Hall–Kier alpha value is -2.66. The molecule has 2 aliphatic rings. The molecule has 0 heterocycles. The van der Waals surface area contributed by atoms with Crippen LogP contribution >= 0.6 is 0 Å². The normalized spacial score (nSPS) is 21.5. The Bertz CT molecular complexity index is 890. The minimum absolute atomic E-state index is 0.0122. The van der Waals surface area contributed by atoms with Crippen molar-refractivity contribution in [3.05, 3.63) is 66.3 Å². The molecule has 0 N–H and O–H groups in total. The predicted molar refractivity (Wildman–Crippen MR) is 143 cm³/mol. The van der Waals surface area contributed by atoms with E-state index in [9.17, 15) is 9.59 Å².